The molecule has 4 nitrogen and oxygen atoms in total. The Balaban J connectivity index is 1.87. The predicted octanol–water partition coefficient (Wildman–Crippen LogP) is 3.27. The molecule has 6 heteroatoms. The molecule has 1 saturated carbocycles. The average molecular weight is 313 g/mol. The minimum Gasteiger partial charge on any atom is -0.352 e. The number of thioether (sulfide) groups is 1. The van der Waals surface area contributed by atoms with Gasteiger partial charge in [-0.25, -0.2) is 0 Å². The largest absolute Gasteiger partial charge is 0.352 e. The van der Waals surface area contributed by atoms with Gasteiger partial charge in [0.05, 0.1) is 5.25 Å². The van der Waals surface area contributed by atoms with Gasteiger partial charge in [-0.05, 0) is 32.1 Å². The number of aromatic nitrogens is 2. The van der Waals surface area contributed by atoms with E-state index in [0.29, 0.717) is 17.9 Å². The van der Waals surface area contributed by atoms with E-state index in [9.17, 15) is 4.79 Å². The van der Waals surface area contributed by atoms with E-state index in [1.54, 1.807) is 11.3 Å². The molecule has 4 unspecified atom stereocenters. The van der Waals surface area contributed by atoms with Crippen molar-refractivity contribution in [2.45, 2.75) is 62.6 Å². The lowest BCUT2D eigenvalue weighted by molar-refractivity contribution is -0.121. The maximum Gasteiger partial charge on any atom is 0.233 e. The molecule has 1 aliphatic rings. The maximum atomic E-state index is 12.3. The molecule has 112 valence electrons. The first-order valence-electron chi connectivity index (χ1n) is 7.24. The first-order chi connectivity index (χ1) is 9.47. The van der Waals surface area contributed by atoms with E-state index in [-0.39, 0.29) is 11.2 Å². The quantitative estimate of drug-likeness (QED) is 0.867. The summed E-state index contributed by atoms with van der Waals surface area (Å²) < 4.78 is 0.871. The monoisotopic (exact) mass is 313 g/mol. The van der Waals surface area contributed by atoms with Crippen LogP contribution in [-0.2, 0) is 4.79 Å². The van der Waals surface area contributed by atoms with Crippen LogP contribution < -0.4 is 5.32 Å². The second kappa shape index (κ2) is 6.89. The van der Waals surface area contributed by atoms with Crippen LogP contribution in [0.2, 0.25) is 0 Å². The van der Waals surface area contributed by atoms with Gasteiger partial charge in [-0.2, -0.15) is 0 Å². The Hall–Kier alpha value is -0.620. The van der Waals surface area contributed by atoms with Crippen molar-refractivity contribution in [2.24, 2.45) is 11.8 Å². The molecule has 1 aliphatic carbocycles. The first kappa shape index (κ1) is 15.8. The molecule has 1 heterocycles. The number of carbonyl (C=O) groups is 1. The van der Waals surface area contributed by atoms with E-state index >= 15 is 0 Å². The Kier molecular flexibility index (Phi) is 5.43. The van der Waals surface area contributed by atoms with E-state index in [1.807, 2.05) is 13.8 Å². The fraction of sp³-hybridized carbons (Fsp3) is 0.786. The molecule has 1 fully saturated rings. The van der Waals surface area contributed by atoms with Crippen molar-refractivity contribution in [2.75, 3.05) is 0 Å². The highest BCUT2D eigenvalue weighted by atomic mass is 32.2. The molecule has 2 rings (SSSR count). The summed E-state index contributed by atoms with van der Waals surface area (Å²) in [5.41, 5.74) is 0. The molecule has 0 aliphatic heterocycles. The van der Waals surface area contributed by atoms with Gasteiger partial charge in [0, 0.05) is 6.04 Å². The first-order valence-corrected chi connectivity index (χ1v) is 8.94. The normalized spacial score (nSPS) is 28.1. The second-order valence-electron chi connectivity index (χ2n) is 5.73. The van der Waals surface area contributed by atoms with Crippen molar-refractivity contribution in [3.63, 3.8) is 0 Å². The fourth-order valence-electron chi connectivity index (χ4n) is 2.62. The van der Waals surface area contributed by atoms with Crippen LogP contribution in [0.25, 0.3) is 0 Å². The molecular formula is C14H23N3OS2. The summed E-state index contributed by atoms with van der Waals surface area (Å²) in [5.74, 6) is 1.38. The smallest absolute Gasteiger partial charge is 0.233 e. The van der Waals surface area contributed by atoms with Gasteiger partial charge in [0.15, 0.2) is 4.34 Å². The number of amides is 1. The Morgan fingerprint density at radius 3 is 2.80 bits per heavy atom. The minimum absolute atomic E-state index is 0.119. The van der Waals surface area contributed by atoms with Crippen LogP contribution in [0.1, 0.15) is 45.0 Å². The van der Waals surface area contributed by atoms with Crippen LogP contribution in [0.15, 0.2) is 4.34 Å². The lowest BCUT2D eigenvalue weighted by Crippen LogP contribution is -2.46. The van der Waals surface area contributed by atoms with Gasteiger partial charge >= 0.3 is 0 Å². The Morgan fingerprint density at radius 2 is 2.15 bits per heavy atom. The zero-order valence-electron chi connectivity index (χ0n) is 12.5. The number of aryl methyl sites for hydroxylation is 1. The van der Waals surface area contributed by atoms with Gasteiger partial charge in [-0.15, -0.1) is 10.2 Å². The molecule has 1 N–H and O–H groups in total. The highest BCUT2D eigenvalue weighted by molar-refractivity contribution is 8.02. The third-order valence-electron chi connectivity index (χ3n) is 4.19. The van der Waals surface area contributed by atoms with Crippen LogP contribution >= 0.6 is 23.1 Å². The van der Waals surface area contributed by atoms with Crippen LogP contribution in [0.4, 0.5) is 0 Å². The van der Waals surface area contributed by atoms with Crippen LogP contribution in [0, 0.1) is 18.8 Å². The SMILES string of the molecule is Cc1nnc(SC(C)C(=O)NC2CCCC(C)C2C)s1. The molecule has 1 amide bonds. The summed E-state index contributed by atoms with van der Waals surface area (Å²) in [6, 6.07) is 0.324. The third-order valence-corrected chi connectivity index (χ3v) is 6.21. The van der Waals surface area contributed by atoms with Gasteiger partial charge in [0.25, 0.3) is 0 Å². The molecule has 4 atom stereocenters. The third kappa shape index (κ3) is 3.95. The van der Waals surface area contributed by atoms with Crippen LogP contribution in [0.5, 0.6) is 0 Å². The van der Waals surface area contributed by atoms with E-state index in [4.69, 9.17) is 0 Å². The van der Waals surface area contributed by atoms with Gasteiger partial charge in [0.1, 0.15) is 5.01 Å². The molecule has 1 aromatic rings. The van der Waals surface area contributed by atoms with E-state index in [0.717, 1.165) is 15.8 Å². The standard InChI is InChI=1S/C14H23N3OS2/c1-8-6-5-7-12(9(8)2)15-13(18)10(3)19-14-17-16-11(4)20-14/h8-10,12H,5-7H2,1-4H3,(H,15,18). The van der Waals surface area contributed by atoms with Crippen molar-refractivity contribution >= 4 is 29.0 Å². The lowest BCUT2D eigenvalue weighted by atomic mass is 9.78. The molecule has 0 bridgehead atoms. The van der Waals surface area contributed by atoms with Crippen LogP contribution in [-0.4, -0.2) is 27.4 Å². The fourth-order valence-corrected chi connectivity index (χ4v) is 4.59. The summed E-state index contributed by atoms with van der Waals surface area (Å²) in [4.78, 5) is 12.3. The number of rotatable bonds is 4. The number of carbonyl (C=O) groups excluding carboxylic acids is 1. The summed E-state index contributed by atoms with van der Waals surface area (Å²) in [7, 11) is 0. The number of nitrogens with one attached hydrogen (secondary N) is 1. The number of hydrogen-bond acceptors (Lipinski definition) is 5. The topological polar surface area (TPSA) is 54.9 Å². The number of nitrogens with zero attached hydrogens (tertiary/aromatic N) is 2. The molecule has 0 saturated heterocycles. The van der Waals surface area contributed by atoms with Gasteiger partial charge in [-0.3, -0.25) is 4.79 Å². The number of hydrogen-bond donors (Lipinski definition) is 1. The van der Waals surface area contributed by atoms with Crippen LogP contribution in [0.3, 0.4) is 0 Å². The predicted molar refractivity (Wildman–Crippen MR) is 84.1 cm³/mol. The van der Waals surface area contributed by atoms with Crippen molar-refractivity contribution in [3.8, 4) is 0 Å². The molecule has 0 aromatic carbocycles. The van der Waals surface area contributed by atoms with Crippen molar-refractivity contribution in [3.05, 3.63) is 5.01 Å². The van der Waals surface area contributed by atoms with Crippen molar-refractivity contribution in [1.82, 2.24) is 15.5 Å². The van der Waals surface area contributed by atoms with Gasteiger partial charge in [0.2, 0.25) is 5.91 Å². The Bertz CT molecular complexity index is 463. The Labute approximate surface area is 129 Å². The molecular weight excluding hydrogens is 290 g/mol. The highest BCUT2D eigenvalue weighted by Crippen LogP contribution is 2.30. The van der Waals surface area contributed by atoms with Gasteiger partial charge in [-0.1, -0.05) is 49.8 Å². The zero-order valence-corrected chi connectivity index (χ0v) is 14.2. The van der Waals surface area contributed by atoms with E-state index in [2.05, 4.69) is 29.4 Å². The average Bonchev–Trinajstić information content (AvgIpc) is 2.80. The lowest BCUT2D eigenvalue weighted by Gasteiger charge is -2.35. The van der Waals surface area contributed by atoms with Crippen molar-refractivity contribution < 1.29 is 4.79 Å². The second-order valence-corrected chi connectivity index (χ2v) is 8.50. The highest BCUT2D eigenvalue weighted by Gasteiger charge is 2.29. The molecule has 0 spiro atoms. The summed E-state index contributed by atoms with van der Waals surface area (Å²) in [5, 5.41) is 12.1. The molecule has 0 radical (unpaired) electrons. The summed E-state index contributed by atoms with van der Waals surface area (Å²) in [6.07, 6.45) is 3.60. The maximum absolute atomic E-state index is 12.3. The zero-order chi connectivity index (χ0) is 14.7. The van der Waals surface area contributed by atoms with E-state index < -0.39 is 0 Å². The molecule has 1 aromatic heterocycles. The Morgan fingerprint density at radius 1 is 1.40 bits per heavy atom. The van der Waals surface area contributed by atoms with E-state index in [1.165, 1.54) is 24.6 Å². The summed E-state index contributed by atoms with van der Waals surface area (Å²) in [6.45, 7) is 8.40. The molecule has 20 heavy (non-hydrogen) atoms. The summed E-state index contributed by atoms with van der Waals surface area (Å²) >= 11 is 3.04. The van der Waals surface area contributed by atoms with Crippen molar-refractivity contribution in [1.29, 1.82) is 0 Å². The minimum atomic E-state index is -0.119. The van der Waals surface area contributed by atoms with Gasteiger partial charge < -0.3 is 5.32 Å².